The summed E-state index contributed by atoms with van der Waals surface area (Å²) < 4.78 is 6.88. The van der Waals surface area contributed by atoms with E-state index < -0.39 is 0 Å². The number of carbonyl (C=O) groups is 1. The Hall–Kier alpha value is -0.910. The Morgan fingerprint density at radius 3 is 3.19 bits per heavy atom. The van der Waals surface area contributed by atoms with Gasteiger partial charge in [-0.25, -0.2) is 0 Å². The first-order valence-electron chi connectivity index (χ1n) is 7.53. The van der Waals surface area contributed by atoms with Gasteiger partial charge in [-0.2, -0.15) is 0 Å². The van der Waals surface area contributed by atoms with Gasteiger partial charge >= 0.3 is 0 Å². The molecule has 1 aromatic rings. The van der Waals surface area contributed by atoms with Gasteiger partial charge in [0.15, 0.2) is 0 Å². The van der Waals surface area contributed by atoms with Crippen LogP contribution in [0, 0.1) is 6.92 Å². The fourth-order valence-electron chi connectivity index (χ4n) is 3.10. The van der Waals surface area contributed by atoms with E-state index in [1.807, 2.05) is 25.1 Å². The molecule has 4 nitrogen and oxygen atoms in total. The molecule has 2 atom stereocenters. The third kappa shape index (κ3) is 3.47. The normalized spacial score (nSPS) is 25.6. The van der Waals surface area contributed by atoms with Crippen molar-refractivity contribution in [3.63, 3.8) is 0 Å². The van der Waals surface area contributed by atoms with Gasteiger partial charge < -0.3 is 10.1 Å². The third-order valence-electron chi connectivity index (χ3n) is 4.37. The number of morpholine rings is 1. The summed E-state index contributed by atoms with van der Waals surface area (Å²) in [7, 11) is 0. The van der Waals surface area contributed by atoms with E-state index in [0.29, 0.717) is 18.2 Å². The Labute approximate surface area is 134 Å². The van der Waals surface area contributed by atoms with Crippen molar-refractivity contribution in [2.75, 3.05) is 26.2 Å². The van der Waals surface area contributed by atoms with Crippen LogP contribution in [0.25, 0.3) is 0 Å². The van der Waals surface area contributed by atoms with E-state index in [4.69, 9.17) is 4.74 Å². The van der Waals surface area contributed by atoms with E-state index >= 15 is 0 Å². The van der Waals surface area contributed by atoms with E-state index in [1.165, 1.54) is 19.4 Å². The van der Waals surface area contributed by atoms with Crippen molar-refractivity contribution in [3.05, 3.63) is 33.8 Å². The minimum absolute atomic E-state index is 0.0299. The van der Waals surface area contributed by atoms with Gasteiger partial charge in [0.05, 0.1) is 12.7 Å². The van der Waals surface area contributed by atoms with Gasteiger partial charge in [-0.15, -0.1) is 0 Å². The Bertz CT molecular complexity index is 535. The average molecular weight is 353 g/mol. The van der Waals surface area contributed by atoms with Crippen LogP contribution in [0.1, 0.15) is 28.8 Å². The zero-order chi connectivity index (χ0) is 14.8. The Morgan fingerprint density at radius 2 is 2.38 bits per heavy atom. The number of halogens is 1. The maximum atomic E-state index is 12.2. The van der Waals surface area contributed by atoms with Crippen molar-refractivity contribution < 1.29 is 9.53 Å². The molecule has 2 aliphatic rings. The molecule has 21 heavy (non-hydrogen) atoms. The molecule has 1 amide bonds. The van der Waals surface area contributed by atoms with Gasteiger partial charge in [-0.05, 0) is 50.1 Å². The maximum Gasteiger partial charge on any atom is 0.251 e. The van der Waals surface area contributed by atoms with E-state index in [1.54, 1.807) is 0 Å². The first kappa shape index (κ1) is 15.0. The van der Waals surface area contributed by atoms with Crippen LogP contribution in [0.3, 0.4) is 0 Å². The molecule has 2 unspecified atom stereocenters. The highest BCUT2D eigenvalue weighted by atomic mass is 79.9. The number of hydrogen-bond acceptors (Lipinski definition) is 3. The van der Waals surface area contributed by atoms with Crippen molar-refractivity contribution in [1.82, 2.24) is 10.2 Å². The average Bonchev–Trinajstić information content (AvgIpc) is 2.95. The minimum atomic E-state index is -0.0299. The second kappa shape index (κ2) is 6.46. The van der Waals surface area contributed by atoms with Crippen LogP contribution >= 0.6 is 15.9 Å². The number of benzene rings is 1. The molecule has 2 aliphatic heterocycles. The maximum absolute atomic E-state index is 12.2. The van der Waals surface area contributed by atoms with E-state index in [9.17, 15) is 4.79 Å². The van der Waals surface area contributed by atoms with Gasteiger partial charge in [-0.3, -0.25) is 9.69 Å². The molecule has 3 rings (SSSR count). The second-order valence-corrected chi connectivity index (χ2v) is 6.77. The monoisotopic (exact) mass is 352 g/mol. The first-order valence-corrected chi connectivity index (χ1v) is 8.33. The van der Waals surface area contributed by atoms with Crippen molar-refractivity contribution in [1.29, 1.82) is 0 Å². The van der Waals surface area contributed by atoms with E-state index in [2.05, 4.69) is 26.1 Å². The summed E-state index contributed by atoms with van der Waals surface area (Å²) in [5, 5.41) is 2.99. The van der Waals surface area contributed by atoms with Crippen LogP contribution in [0.5, 0.6) is 0 Å². The number of aryl methyl sites for hydroxylation is 1. The van der Waals surface area contributed by atoms with Crippen LogP contribution in [-0.2, 0) is 4.74 Å². The number of amides is 1. The van der Waals surface area contributed by atoms with Gasteiger partial charge in [0.25, 0.3) is 5.91 Å². The van der Waals surface area contributed by atoms with Crippen LogP contribution in [0.2, 0.25) is 0 Å². The van der Waals surface area contributed by atoms with Crippen LogP contribution in [0.15, 0.2) is 22.7 Å². The molecule has 2 heterocycles. The molecular weight excluding hydrogens is 332 g/mol. The molecule has 2 saturated heterocycles. The zero-order valence-corrected chi connectivity index (χ0v) is 13.9. The summed E-state index contributed by atoms with van der Waals surface area (Å²) in [6.45, 7) is 5.47. The third-order valence-corrected chi connectivity index (χ3v) is 5.26. The number of nitrogens with zero attached hydrogens (tertiary/aromatic N) is 1. The predicted molar refractivity (Wildman–Crippen MR) is 85.5 cm³/mol. The minimum Gasteiger partial charge on any atom is -0.373 e. The summed E-state index contributed by atoms with van der Waals surface area (Å²) in [6, 6.07) is 6.25. The molecule has 0 saturated carbocycles. The Kier molecular flexibility index (Phi) is 4.62. The summed E-state index contributed by atoms with van der Waals surface area (Å²) >= 11 is 3.45. The lowest BCUT2D eigenvalue weighted by Crippen LogP contribution is -2.50. The highest BCUT2D eigenvalue weighted by molar-refractivity contribution is 9.10. The highest BCUT2D eigenvalue weighted by Crippen LogP contribution is 2.22. The van der Waals surface area contributed by atoms with Gasteiger partial charge in [-0.1, -0.05) is 15.9 Å². The van der Waals surface area contributed by atoms with Crippen molar-refractivity contribution in [2.24, 2.45) is 0 Å². The SMILES string of the molecule is Cc1cc(C(=O)NCC2CN3CCCC3CO2)ccc1Br. The molecule has 114 valence electrons. The largest absolute Gasteiger partial charge is 0.373 e. The standard InChI is InChI=1S/C16H21BrN2O2/c1-11-7-12(4-5-15(11)17)16(20)18-8-14-9-19-6-2-3-13(19)10-21-14/h4-5,7,13-14H,2-3,6,8-10H2,1H3,(H,18,20). The lowest BCUT2D eigenvalue weighted by molar-refractivity contribution is -0.0461. The van der Waals surface area contributed by atoms with Crippen molar-refractivity contribution in [3.8, 4) is 0 Å². The number of hydrogen-bond donors (Lipinski definition) is 1. The number of nitrogens with one attached hydrogen (secondary N) is 1. The summed E-state index contributed by atoms with van der Waals surface area (Å²) in [5.74, 6) is -0.0299. The molecule has 0 spiro atoms. The number of carbonyl (C=O) groups excluding carboxylic acids is 1. The lowest BCUT2D eigenvalue weighted by Gasteiger charge is -2.35. The van der Waals surface area contributed by atoms with Gasteiger partial charge in [0.1, 0.15) is 0 Å². The fourth-order valence-corrected chi connectivity index (χ4v) is 3.35. The van der Waals surface area contributed by atoms with Gasteiger partial charge in [0, 0.05) is 29.2 Å². The first-order chi connectivity index (χ1) is 10.1. The summed E-state index contributed by atoms with van der Waals surface area (Å²) in [5.41, 5.74) is 1.77. The van der Waals surface area contributed by atoms with Crippen molar-refractivity contribution >= 4 is 21.8 Å². The molecule has 1 aromatic carbocycles. The number of fused-ring (bicyclic) bond motifs is 1. The molecule has 2 fully saturated rings. The van der Waals surface area contributed by atoms with E-state index in [-0.39, 0.29) is 12.0 Å². The van der Waals surface area contributed by atoms with Crippen LogP contribution < -0.4 is 5.32 Å². The van der Waals surface area contributed by atoms with Crippen LogP contribution in [0.4, 0.5) is 0 Å². The molecule has 0 radical (unpaired) electrons. The molecule has 5 heteroatoms. The molecule has 0 aromatic heterocycles. The zero-order valence-electron chi connectivity index (χ0n) is 12.3. The predicted octanol–water partition coefficient (Wildman–Crippen LogP) is 2.35. The smallest absolute Gasteiger partial charge is 0.251 e. The topological polar surface area (TPSA) is 41.6 Å². The molecular formula is C16H21BrN2O2. The molecule has 0 bridgehead atoms. The highest BCUT2D eigenvalue weighted by Gasteiger charge is 2.32. The van der Waals surface area contributed by atoms with E-state index in [0.717, 1.165) is 23.2 Å². The number of ether oxygens (including phenoxy) is 1. The molecule has 0 aliphatic carbocycles. The van der Waals surface area contributed by atoms with Crippen molar-refractivity contribution in [2.45, 2.75) is 31.9 Å². The quantitative estimate of drug-likeness (QED) is 0.907. The fraction of sp³-hybridized carbons (Fsp3) is 0.562. The van der Waals surface area contributed by atoms with Crippen LogP contribution in [-0.4, -0.2) is 49.2 Å². The summed E-state index contributed by atoms with van der Waals surface area (Å²) in [4.78, 5) is 14.7. The Morgan fingerprint density at radius 1 is 1.52 bits per heavy atom. The lowest BCUT2D eigenvalue weighted by atomic mass is 10.1. The number of rotatable bonds is 3. The van der Waals surface area contributed by atoms with Gasteiger partial charge in [0.2, 0.25) is 0 Å². The summed E-state index contributed by atoms with van der Waals surface area (Å²) in [6.07, 6.45) is 2.63. The Balaban J connectivity index is 1.52. The molecule has 1 N–H and O–H groups in total. The second-order valence-electron chi connectivity index (χ2n) is 5.92.